The van der Waals surface area contributed by atoms with Crippen molar-refractivity contribution in [3.8, 4) is 11.6 Å². The van der Waals surface area contributed by atoms with Crippen LogP contribution in [0, 0.1) is 12.7 Å². The van der Waals surface area contributed by atoms with Gasteiger partial charge < -0.3 is 15.8 Å². The fraction of sp³-hybridized carbons (Fsp3) is 0.286. The molecule has 106 valence electrons. The topological polar surface area (TPSA) is 73.1 Å². The standard InChI is InChI=1S/C14H17FN4O/c1-3-7-17-11-8-12(19-14(16)18-11)20-10-6-4-5-9(2)13(10)15/h4-6,8H,3,7H2,1-2H3,(H3,16,17,18,19). The van der Waals surface area contributed by atoms with Gasteiger partial charge in [0.2, 0.25) is 11.8 Å². The van der Waals surface area contributed by atoms with E-state index in [2.05, 4.69) is 15.3 Å². The molecule has 20 heavy (non-hydrogen) atoms. The summed E-state index contributed by atoms with van der Waals surface area (Å²) in [5.74, 6) is 0.550. The maximum Gasteiger partial charge on any atom is 0.226 e. The minimum absolute atomic E-state index is 0.0779. The van der Waals surface area contributed by atoms with Crippen LogP contribution in [-0.2, 0) is 0 Å². The maximum atomic E-state index is 13.9. The van der Waals surface area contributed by atoms with Crippen LogP contribution in [0.25, 0.3) is 0 Å². The smallest absolute Gasteiger partial charge is 0.226 e. The summed E-state index contributed by atoms with van der Waals surface area (Å²) in [6.45, 7) is 4.47. The monoisotopic (exact) mass is 276 g/mol. The number of nitrogens with two attached hydrogens (primary N) is 1. The summed E-state index contributed by atoms with van der Waals surface area (Å²) in [5.41, 5.74) is 6.12. The first-order valence-electron chi connectivity index (χ1n) is 6.41. The van der Waals surface area contributed by atoms with E-state index in [1.807, 2.05) is 6.92 Å². The molecule has 0 amide bonds. The highest BCUT2D eigenvalue weighted by molar-refractivity contribution is 5.44. The predicted molar refractivity (Wildman–Crippen MR) is 76.4 cm³/mol. The van der Waals surface area contributed by atoms with Crippen LogP contribution in [0.15, 0.2) is 24.3 Å². The number of aryl methyl sites for hydroxylation is 1. The van der Waals surface area contributed by atoms with Gasteiger partial charge in [-0.2, -0.15) is 9.97 Å². The molecule has 1 heterocycles. The van der Waals surface area contributed by atoms with Crippen molar-refractivity contribution in [3.63, 3.8) is 0 Å². The van der Waals surface area contributed by atoms with Crippen LogP contribution in [-0.4, -0.2) is 16.5 Å². The van der Waals surface area contributed by atoms with Crippen molar-refractivity contribution in [2.45, 2.75) is 20.3 Å². The Morgan fingerprint density at radius 2 is 2.15 bits per heavy atom. The van der Waals surface area contributed by atoms with Gasteiger partial charge in [0, 0.05) is 12.6 Å². The molecule has 1 aromatic heterocycles. The summed E-state index contributed by atoms with van der Waals surface area (Å²) in [6.07, 6.45) is 0.951. The van der Waals surface area contributed by atoms with Gasteiger partial charge in [0.1, 0.15) is 5.82 Å². The van der Waals surface area contributed by atoms with E-state index >= 15 is 0 Å². The highest BCUT2D eigenvalue weighted by atomic mass is 19.1. The maximum absolute atomic E-state index is 13.9. The van der Waals surface area contributed by atoms with Crippen LogP contribution < -0.4 is 15.8 Å². The fourth-order valence-corrected chi connectivity index (χ4v) is 1.65. The second-order valence-electron chi connectivity index (χ2n) is 4.37. The van der Waals surface area contributed by atoms with Crippen molar-refractivity contribution in [2.75, 3.05) is 17.6 Å². The zero-order chi connectivity index (χ0) is 14.5. The Kier molecular flexibility index (Phi) is 4.34. The van der Waals surface area contributed by atoms with Crippen LogP contribution in [0.5, 0.6) is 11.6 Å². The minimum atomic E-state index is -0.409. The fourth-order valence-electron chi connectivity index (χ4n) is 1.65. The second-order valence-corrected chi connectivity index (χ2v) is 4.37. The summed E-state index contributed by atoms with van der Waals surface area (Å²) >= 11 is 0. The molecule has 0 fully saturated rings. The van der Waals surface area contributed by atoms with Crippen LogP contribution in [0.3, 0.4) is 0 Å². The van der Waals surface area contributed by atoms with Gasteiger partial charge in [-0.25, -0.2) is 4.39 Å². The predicted octanol–water partition coefficient (Wildman–Crippen LogP) is 3.12. The Balaban J connectivity index is 2.24. The Morgan fingerprint density at radius 3 is 2.90 bits per heavy atom. The van der Waals surface area contributed by atoms with Crippen molar-refractivity contribution >= 4 is 11.8 Å². The van der Waals surface area contributed by atoms with E-state index in [-0.39, 0.29) is 17.6 Å². The lowest BCUT2D eigenvalue weighted by molar-refractivity contribution is 0.425. The van der Waals surface area contributed by atoms with Gasteiger partial charge in [0.05, 0.1) is 0 Å². The first kappa shape index (κ1) is 14.0. The number of anilines is 2. The van der Waals surface area contributed by atoms with E-state index in [0.29, 0.717) is 11.4 Å². The Hall–Kier alpha value is -2.37. The van der Waals surface area contributed by atoms with Crippen molar-refractivity contribution in [1.82, 2.24) is 9.97 Å². The Bertz CT molecular complexity index is 604. The molecule has 0 aliphatic heterocycles. The number of nitrogens with zero attached hydrogens (tertiary/aromatic N) is 2. The number of nitrogen functional groups attached to an aromatic ring is 1. The van der Waals surface area contributed by atoms with E-state index in [4.69, 9.17) is 10.5 Å². The number of aromatic nitrogens is 2. The van der Waals surface area contributed by atoms with Crippen LogP contribution in [0.2, 0.25) is 0 Å². The van der Waals surface area contributed by atoms with E-state index in [9.17, 15) is 4.39 Å². The average molecular weight is 276 g/mol. The summed E-state index contributed by atoms with van der Waals surface area (Å²) in [6, 6.07) is 6.52. The number of rotatable bonds is 5. The molecule has 2 rings (SSSR count). The first-order valence-corrected chi connectivity index (χ1v) is 6.41. The van der Waals surface area contributed by atoms with Gasteiger partial charge in [0.15, 0.2) is 11.6 Å². The molecule has 1 aromatic carbocycles. The number of halogens is 1. The van der Waals surface area contributed by atoms with Crippen molar-refractivity contribution in [2.24, 2.45) is 0 Å². The lowest BCUT2D eigenvalue weighted by Gasteiger charge is -2.10. The van der Waals surface area contributed by atoms with Gasteiger partial charge in [-0.05, 0) is 25.0 Å². The molecule has 3 N–H and O–H groups in total. The highest BCUT2D eigenvalue weighted by Crippen LogP contribution is 2.26. The third kappa shape index (κ3) is 3.34. The normalized spacial score (nSPS) is 10.3. The molecule has 0 saturated heterocycles. The van der Waals surface area contributed by atoms with E-state index in [1.54, 1.807) is 31.2 Å². The quantitative estimate of drug-likeness (QED) is 0.877. The summed E-state index contributed by atoms with van der Waals surface area (Å²) < 4.78 is 19.3. The van der Waals surface area contributed by atoms with E-state index in [1.165, 1.54) is 0 Å². The molecular weight excluding hydrogens is 259 g/mol. The zero-order valence-corrected chi connectivity index (χ0v) is 11.5. The van der Waals surface area contributed by atoms with Crippen LogP contribution in [0.4, 0.5) is 16.2 Å². The van der Waals surface area contributed by atoms with E-state index < -0.39 is 5.82 Å². The Morgan fingerprint density at radius 1 is 1.35 bits per heavy atom. The number of benzene rings is 1. The molecule has 0 aliphatic carbocycles. The largest absolute Gasteiger partial charge is 0.436 e. The molecule has 0 radical (unpaired) electrons. The number of hydrogen-bond donors (Lipinski definition) is 2. The van der Waals surface area contributed by atoms with Crippen LogP contribution >= 0.6 is 0 Å². The van der Waals surface area contributed by atoms with Gasteiger partial charge >= 0.3 is 0 Å². The molecule has 5 nitrogen and oxygen atoms in total. The van der Waals surface area contributed by atoms with E-state index in [0.717, 1.165) is 13.0 Å². The lowest BCUT2D eigenvalue weighted by atomic mass is 10.2. The second kappa shape index (κ2) is 6.18. The SMILES string of the molecule is CCCNc1cc(Oc2cccc(C)c2F)nc(N)n1. The van der Waals surface area contributed by atoms with Crippen molar-refractivity contribution in [1.29, 1.82) is 0 Å². The molecule has 0 saturated carbocycles. The molecular formula is C14H17FN4O. The summed E-state index contributed by atoms with van der Waals surface area (Å²) in [5, 5.41) is 3.08. The lowest BCUT2D eigenvalue weighted by Crippen LogP contribution is -2.06. The van der Waals surface area contributed by atoms with Crippen LogP contribution in [0.1, 0.15) is 18.9 Å². The molecule has 0 spiro atoms. The Labute approximate surface area is 117 Å². The summed E-state index contributed by atoms with van der Waals surface area (Å²) in [7, 11) is 0. The number of hydrogen-bond acceptors (Lipinski definition) is 5. The molecule has 0 aliphatic rings. The summed E-state index contributed by atoms with van der Waals surface area (Å²) in [4.78, 5) is 7.98. The molecule has 0 unspecified atom stereocenters. The molecule has 0 bridgehead atoms. The van der Waals surface area contributed by atoms with Gasteiger partial charge in [-0.15, -0.1) is 0 Å². The zero-order valence-electron chi connectivity index (χ0n) is 11.5. The van der Waals surface area contributed by atoms with Gasteiger partial charge in [-0.3, -0.25) is 0 Å². The molecule has 0 atom stereocenters. The van der Waals surface area contributed by atoms with Gasteiger partial charge in [0.25, 0.3) is 0 Å². The van der Waals surface area contributed by atoms with Crippen molar-refractivity contribution < 1.29 is 9.13 Å². The van der Waals surface area contributed by atoms with Crippen molar-refractivity contribution in [3.05, 3.63) is 35.6 Å². The number of nitrogens with one attached hydrogen (secondary N) is 1. The highest BCUT2D eigenvalue weighted by Gasteiger charge is 2.09. The number of ether oxygens (including phenoxy) is 1. The molecule has 6 heteroatoms. The molecule has 2 aromatic rings. The van der Waals surface area contributed by atoms with Gasteiger partial charge in [-0.1, -0.05) is 19.1 Å². The first-order chi connectivity index (χ1) is 9.60. The average Bonchev–Trinajstić information content (AvgIpc) is 2.41. The third-order valence-corrected chi connectivity index (χ3v) is 2.65. The minimum Gasteiger partial charge on any atom is -0.436 e. The third-order valence-electron chi connectivity index (χ3n) is 2.65.